The summed E-state index contributed by atoms with van der Waals surface area (Å²) < 4.78 is 0. The summed E-state index contributed by atoms with van der Waals surface area (Å²) in [6.07, 6.45) is 1.46. The Labute approximate surface area is 114 Å². The predicted octanol–water partition coefficient (Wildman–Crippen LogP) is 3.19. The standard InChI is InChI=1S/C15H20N4/c1-10-6-7-11(15(2,3)4)8-12(10)13-14(16-5)17-9-18-19-13/h6-9H,1-5H3,(H,16,17,18). The number of hydrogen-bond donors (Lipinski definition) is 1. The van der Waals surface area contributed by atoms with Crippen molar-refractivity contribution in [3.63, 3.8) is 0 Å². The molecule has 0 spiro atoms. The number of rotatable bonds is 2. The van der Waals surface area contributed by atoms with Gasteiger partial charge < -0.3 is 5.32 Å². The van der Waals surface area contributed by atoms with Gasteiger partial charge in [0.25, 0.3) is 0 Å². The molecular formula is C15H20N4. The topological polar surface area (TPSA) is 50.7 Å². The molecule has 1 N–H and O–H groups in total. The van der Waals surface area contributed by atoms with Gasteiger partial charge in [0.1, 0.15) is 12.0 Å². The van der Waals surface area contributed by atoms with Crippen LogP contribution in [-0.2, 0) is 5.41 Å². The molecule has 0 fully saturated rings. The van der Waals surface area contributed by atoms with Crippen LogP contribution < -0.4 is 5.32 Å². The molecule has 1 heterocycles. The maximum atomic E-state index is 4.23. The molecule has 100 valence electrons. The van der Waals surface area contributed by atoms with Gasteiger partial charge in [0.15, 0.2) is 5.82 Å². The minimum atomic E-state index is 0.109. The summed E-state index contributed by atoms with van der Waals surface area (Å²) in [4.78, 5) is 4.22. The molecule has 0 atom stereocenters. The highest BCUT2D eigenvalue weighted by molar-refractivity contribution is 5.73. The molecule has 0 aliphatic heterocycles. The molecule has 0 bridgehead atoms. The molecule has 4 heteroatoms. The summed E-state index contributed by atoms with van der Waals surface area (Å²) in [7, 11) is 1.84. The minimum Gasteiger partial charge on any atom is -0.371 e. The molecule has 0 aliphatic rings. The molecular weight excluding hydrogens is 236 g/mol. The fourth-order valence-electron chi connectivity index (χ4n) is 1.98. The Morgan fingerprint density at radius 3 is 2.53 bits per heavy atom. The van der Waals surface area contributed by atoms with E-state index in [-0.39, 0.29) is 5.41 Å². The molecule has 1 aromatic heterocycles. The van der Waals surface area contributed by atoms with Crippen LogP contribution in [0.1, 0.15) is 31.9 Å². The van der Waals surface area contributed by atoms with Gasteiger partial charge in [0, 0.05) is 12.6 Å². The van der Waals surface area contributed by atoms with E-state index in [1.54, 1.807) is 0 Å². The second-order valence-corrected chi connectivity index (χ2v) is 5.69. The van der Waals surface area contributed by atoms with Gasteiger partial charge in [-0.25, -0.2) is 4.98 Å². The van der Waals surface area contributed by atoms with Crippen molar-refractivity contribution in [1.82, 2.24) is 15.2 Å². The summed E-state index contributed by atoms with van der Waals surface area (Å²) in [5, 5.41) is 11.2. The van der Waals surface area contributed by atoms with Crippen LogP contribution >= 0.6 is 0 Å². The number of anilines is 1. The van der Waals surface area contributed by atoms with Crippen molar-refractivity contribution >= 4 is 5.82 Å². The molecule has 2 aromatic rings. The molecule has 0 radical (unpaired) electrons. The molecule has 2 rings (SSSR count). The highest BCUT2D eigenvalue weighted by Crippen LogP contribution is 2.31. The van der Waals surface area contributed by atoms with Gasteiger partial charge in [-0.15, -0.1) is 10.2 Å². The van der Waals surface area contributed by atoms with Crippen LogP contribution in [0.4, 0.5) is 5.82 Å². The number of aryl methyl sites for hydroxylation is 1. The Morgan fingerprint density at radius 2 is 1.89 bits per heavy atom. The van der Waals surface area contributed by atoms with Crippen molar-refractivity contribution in [2.24, 2.45) is 0 Å². The van der Waals surface area contributed by atoms with Gasteiger partial charge >= 0.3 is 0 Å². The Kier molecular flexibility index (Phi) is 3.51. The van der Waals surface area contributed by atoms with Crippen LogP contribution in [0.15, 0.2) is 24.5 Å². The average molecular weight is 256 g/mol. The van der Waals surface area contributed by atoms with Crippen molar-refractivity contribution in [3.8, 4) is 11.3 Å². The quantitative estimate of drug-likeness (QED) is 0.896. The van der Waals surface area contributed by atoms with E-state index in [1.807, 2.05) is 7.05 Å². The zero-order valence-electron chi connectivity index (χ0n) is 12.2. The molecule has 0 saturated carbocycles. The van der Waals surface area contributed by atoms with Crippen LogP contribution in [0.3, 0.4) is 0 Å². The Morgan fingerprint density at radius 1 is 1.16 bits per heavy atom. The number of benzene rings is 1. The average Bonchev–Trinajstić information content (AvgIpc) is 2.38. The minimum absolute atomic E-state index is 0.109. The van der Waals surface area contributed by atoms with Gasteiger partial charge in [0.2, 0.25) is 0 Å². The van der Waals surface area contributed by atoms with Crippen molar-refractivity contribution in [1.29, 1.82) is 0 Å². The van der Waals surface area contributed by atoms with E-state index in [0.29, 0.717) is 0 Å². The first-order chi connectivity index (χ1) is 8.93. The van der Waals surface area contributed by atoms with Crippen LogP contribution in [0.2, 0.25) is 0 Å². The molecule has 19 heavy (non-hydrogen) atoms. The molecule has 0 aliphatic carbocycles. The van der Waals surface area contributed by atoms with Crippen LogP contribution in [0, 0.1) is 6.92 Å². The van der Waals surface area contributed by atoms with Gasteiger partial charge in [-0.1, -0.05) is 32.9 Å². The first kappa shape index (κ1) is 13.5. The zero-order valence-corrected chi connectivity index (χ0v) is 12.2. The monoisotopic (exact) mass is 256 g/mol. The third kappa shape index (κ3) is 2.72. The molecule has 1 aromatic carbocycles. The van der Waals surface area contributed by atoms with E-state index >= 15 is 0 Å². The van der Waals surface area contributed by atoms with E-state index < -0.39 is 0 Å². The van der Waals surface area contributed by atoms with Crippen LogP contribution in [0.5, 0.6) is 0 Å². The Balaban J connectivity index is 2.61. The van der Waals surface area contributed by atoms with Crippen molar-refractivity contribution in [2.75, 3.05) is 12.4 Å². The van der Waals surface area contributed by atoms with Crippen molar-refractivity contribution < 1.29 is 0 Å². The van der Waals surface area contributed by atoms with Crippen LogP contribution in [0.25, 0.3) is 11.3 Å². The van der Waals surface area contributed by atoms with Gasteiger partial charge in [-0.2, -0.15) is 0 Å². The lowest BCUT2D eigenvalue weighted by Crippen LogP contribution is -2.11. The van der Waals surface area contributed by atoms with E-state index in [9.17, 15) is 0 Å². The summed E-state index contributed by atoms with van der Waals surface area (Å²) >= 11 is 0. The first-order valence-electron chi connectivity index (χ1n) is 6.40. The lowest BCUT2D eigenvalue weighted by atomic mass is 9.85. The first-order valence-corrected chi connectivity index (χ1v) is 6.40. The number of nitrogens with one attached hydrogen (secondary N) is 1. The Hall–Kier alpha value is -1.97. The van der Waals surface area contributed by atoms with E-state index in [2.05, 4.69) is 66.4 Å². The fraction of sp³-hybridized carbons (Fsp3) is 0.400. The highest BCUT2D eigenvalue weighted by Gasteiger charge is 2.17. The second-order valence-electron chi connectivity index (χ2n) is 5.69. The Bertz CT molecular complexity index is 585. The molecule has 0 saturated heterocycles. The molecule has 0 amide bonds. The van der Waals surface area contributed by atoms with Gasteiger partial charge in [0.05, 0.1) is 0 Å². The summed E-state index contributed by atoms with van der Waals surface area (Å²) in [5.41, 5.74) is 4.44. The van der Waals surface area contributed by atoms with Crippen molar-refractivity contribution in [2.45, 2.75) is 33.1 Å². The largest absolute Gasteiger partial charge is 0.371 e. The molecule has 0 unspecified atom stereocenters. The summed E-state index contributed by atoms with van der Waals surface area (Å²) in [6, 6.07) is 6.48. The summed E-state index contributed by atoms with van der Waals surface area (Å²) in [5.74, 6) is 0.754. The summed E-state index contributed by atoms with van der Waals surface area (Å²) in [6.45, 7) is 8.69. The number of aromatic nitrogens is 3. The third-order valence-corrected chi connectivity index (χ3v) is 3.22. The van der Waals surface area contributed by atoms with Crippen LogP contribution in [-0.4, -0.2) is 22.2 Å². The SMILES string of the molecule is CNc1ncnnc1-c1cc(C(C)(C)C)ccc1C. The van der Waals surface area contributed by atoms with E-state index in [0.717, 1.165) is 17.1 Å². The second kappa shape index (κ2) is 4.96. The van der Waals surface area contributed by atoms with Crippen molar-refractivity contribution in [3.05, 3.63) is 35.7 Å². The maximum absolute atomic E-state index is 4.23. The maximum Gasteiger partial charge on any atom is 0.156 e. The molecule has 4 nitrogen and oxygen atoms in total. The third-order valence-electron chi connectivity index (χ3n) is 3.22. The van der Waals surface area contributed by atoms with Gasteiger partial charge in [-0.3, -0.25) is 0 Å². The number of hydrogen-bond acceptors (Lipinski definition) is 4. The fourth-order valence-corrected chi connectivity index (χ4v) is 1.98. The highest BCUT2D eigenvalue weighted by atomic mass is 15.2. The van der Waals surface area contributed by atoms with E-state index in [4.69, 9.17) is 0 Å². The smallest absolute Gasteiger partial charge is 0.156 e. The zero-order chi connectivity index (χ0) is 14.0. The van der Waals surface area contributed by atoms with Gasteiger partial charge in [-0.05, 0) is 29.5 Å². The number of nitrogens with zero attached hydrogens (tertiary/aromatic N) is 3. The lowest BCUT2D eigenvalue weighted by molar-refractivity contribution is 0.590. The normalized spacial score (nSPS) is 11.4. The lowest BCUT2D eigenvalue weighted by Gasteiger charge is -2.21. The predicted molar refractivity (Wildman–Crippen MR) is 78.2 cm³/mol. The van der Waals surface area contributed by atoms with E-state index in [1.165, 1.54) is 17.5 Å².